The van der Waals surface area contributed by atoms with Crippen molar-refractivity contribution in [3.8, 4) is 0 Å². The molecule has 2 fully saturated rings. The molecule has 4 atom stereocenters. The van der Waals surface area contributed by atoms with Crippen molar-refractivity contribution in [3.05, 3.63) is 75.6 Å². The summed E-state index contributed by atoms with van der Waals surface area (Å²) in [6.07, 6.45) is 17.8. The number of hydrogen-bond donors (Lipinski definition) is 0. The number of rotatable bonds is 1. The quantitative estimate of drug-likeness (QED) is 0.256. The van der Waals surface area contributed by atoms with Crippen LogP contribution in [0.15, 0.2) is 48.6 Å². The third-order valence-corrected chi connectivity index (χ3v) is 4.79. The number of amides is 1. The van der Waals surface area contributed by atoms with E-state index in [-0.39, 0.29) is 53.9 Å². The molecular weight excluding hydrogens is 370 g/mol. The summed E-state index contributed by atoms with van der Waals surface area (Å²) in [5, 5.41) is 0. The zero-order chi connectivity index (χ0) is 16.5. The minimum Gasteiger partial charge on any atom is -0.671 e. The van der Waals surface area contributed by atoms with Crippen molar-refractivity contribution in [2.24, 2.45) is 23.7 Å². The van der Waals surface area contributed by atoms with Crippen molar-refractivity contribution in [3.63, 3.8) is 0 Å². The number of hydrogen-bond acceptors (Lipinski definition) is 1. The van der Waals surface area contributed by atoms with Gasteiger partial charge in [-0.05, 0) is 30.7 Å². The average molecular weight is 410 g/mol. The zero-order valence-corrected chi connectivity index (χ0v) is 18.0. The van der Waals surface area contributed by atoms with Gasteiger partial charge in [-0.25, -0.2) is 0 Å². The Morgan fingerprint density at radius 1 is 1.08 bits per heavy atom. The van der Waals surface area contributed by atoms with E-state index in [4.69, 9.17) is 10.5 Å². The molecule has 146 valence electrons. The van der Waals surface area contributed by atoms with Gasteiger partial charge in [-0.3, -0.25) is 0 Å². The topological polar surface area (TPSA) is 40.9 Å². The largest absolute Gasteiger partial charge is 4.00 e. The van der Waals surface area contributed by atoms with Gasteiger partial charge < -0.3 is 31.8 Å². The van der Waals surface area contributed by atoms with Crippen LogP contribution >= 0.6 is 0 Å². The van der Waals surface area contributed by atoms with Crippen LogP contribution in [0.1, 0.15) is 39.5 Å². The number of fused-ring (bicyclic) bond motifs is 3. The van der Waals surface area contributed by atoms with E-state index in [2.05, 4.69) is 43.9 Å². The Kier molecular flexibility index (Phi) is 22.5. The maximum atomic E-state index is 8.47. The molecule has 0 bridgehead atoms. The molecule has 3 rings (SSSR count). The Bertz CT molecular complexity index is 447. The molecule has 1 amide bonds. The Morgan fingerprint density at radius 2 is 1.54 bits per heavy atom. The van der Waals surface area contributed by atoms with Crippen LogP contribution in [0.2, 0.25) is 0 Å². The summed E-state index contributed by atoms with van der Waals surface area (Å²) in [7, 11) is 0. The third-order valence-electron chi connectivity index (χ3n) is 4.79. The molecule has 4 unspecified atom stereocenters. The van der Waals surface area contributed by atoms with E-state index in [1.54, 1.807) is 0 Å². The van der Waals surface area contributed by atoms with E-state index >= 15 is 0 Å². The van der Waals surface area contributed by atoms with Crippen LogP contribution in [0.25, 0.3) is 5.73 Å². The first-order valence-corrected chi connectivity index (χ1v) is 8.13. The molecule has 0 aromatic heterocycles. The second-order valence-corrected chi connectivity index (χ2v) is 6.41. The molecule has 0 aromatic carbocycles. The third kappa shape index (κ3) is 10.5. The van der Waals surface area contributed by atoms with Crippen molar-refractivity contribution in [1.29, 1.82) is 0 Å². The summed E-state index contributed by atoms with van der Waals surface area (Å²) in [5.74, 6) is 3.56. The van der Waals surface area contributed by atoms with Gasteiger partial charge in [-0.15, -0.1) is 12.0 Å². The summed E-state index contributed by atoms with van der Waals surface area (Å²) in [5.41, 5.74) is 7.66. The Balaban J connectivity index is -0.000000164. The molecule has 0 saturated heterocycles. The minimum atomic E-state index is 0. The molecule has 2 nitrogen and oxygen atoms in total. The molecule has 0 aliphatic heterocycles. The zero-order valence-electron chi connectivity index (χ0n) is 16.4. The predicted octanol–water partition coefficient (Wildman–Crippen LogP) is 5.15. The maximum Gasteiger partial charge on any atom is 4.00 e. The van der Waals surface area contributed by atoms with E-state index in [1.807, 2.05) is 13.8 Å². The second kappa shape index (κ2) is 17.8. The van der Waals surface area contributed by atoms with E-state index in [1.165, 1.54) is 25.7 Å². The van der Waals surface area contributed by atoms with Crippen LogP contribution < -0.4 is 0 Å². The fraction of sp³-hybridized carbons (Fsp3) is 0.455. The summed E-state index contributed by atoms with van der Waals surface area (Å²) in [6, 6.07) is 0. The van der Waals surface area contributed by atoms with Gasteiger partial charge in [0.2, 0.25) is 0 Å². The fourth-order valence-electron chi connectivity index (χ4n) is 3.45. The SMILES string of the molecule is C1=CC2[CH-]C3CCCCC3C2C=C1.C=C(C)C(=C)C.[CH3-].[CH3-].[NH-]C=O.[SiH4].[Ti+4]. The molecule has 0 radical (unpaired) electrons. The van der Waals surface area contributed by atoms with Crippen LogP contribution in [-0.2, 0) is 26.5 Å². The normalized spacial score (nSPS) is 25.9. The van der Waals surface area contributed by atoms with E-state index in [0.29, 0.717) is 0 Å². The standard InChI is InChI=1S/C13H17.C6H10.CH3NO.2CH3.H4Si.Ti/c1-3-7-12-10(5-1)9-11-6-2-4-8-13(11)12;1-5(2)6(3)4;2-1-3;;;;/h1,3,5,7,9-13H,2,4,6,8H2;1,3H2,2,4H3;1H,(H2,2,3);2*1H3;1H4;/q-1;;;2*-1;;+4/p-1. The van der Waals surface area contributed by atoms with Gasteiger partial charge in [0.1, 0.15) is 0 Å². The van der Waals surface area contributed by atoms with Gasteiger partial charge in [0.15, 0.2) is 0 Å². The van der Waals surface area contributed by atoms with Gasteiger partial charge in [0, 0.05) is 6.41 Å². The summed E-state index contributed by atoms with van der Waals surface area (Å²) in [6.45, 7) is 11.2. The first-order valence-electron chi connectivity index (χ1n) is 8.13. The number of nitrogens with one attached hydrogen (secondary N) is 1. The van der Waals surface area contributed by atoms with Crippen molar-refractivity contribution in [1.82, 2.24) is 0 Å². The molecule has 0 heterocycles. The van der Waals surface area contributed by atoms with Gasteiger partial charge in [-0.2, -0.15) is 5.92 Å². The van der Waals surface area contributed by atoms with Crippen molar-refractivity contribution in [2.75, 3.05) is 0 Å². The van der Waals surface area contributed by atoms with Gasteiger partial charge >= 0.3 is 21.7 Å². The maximum absolute atomic E-state index is 8.47. The van der Waals surface area contributed by atoms with Crippen molar-refractivity contribution < 1.29 is 26.5 Å². The van der Waals surface area contributed by atoms with Crippen LogP contribution in [0.5, 0.6) is 0 Å². The summed E-state index contributed by atoms with van der Waals surface area (Å²) < 4.78 is 0. The first-order chi connectivity index (χ1) is 10.5. The van der Waals surface area contributed by atoms with E-state index < -0.39 is 0 Å². The minimum absolute atomic E-state index is 0. The summed E-state index contributed by atoms with van der Waals surface area (Å²) >= 11 is 0. The molecule has 0 aromatic rings. The molecule has 3 aliphatic rings. The van der Waals surface area contributed by atoms with Crippen LogP contribution in [0.4, 0.5) is 0 Å². The molecular formula is C22H39NOSiTi. The smallest absolute Gasteiger partial charge is 0.671 e. The predicted molar refractivity (Wildman–Crippen MR) is 119 cm³/mol. The molecule has 2 saturated carbocycles. The Hall–Kier alpha value is -0.639. The molecule has 26 heavy (non-hydrogen) atoms. The number of carbonyl (C=O) groups excluding carboxylic acids is 1. The van der Waals surface area contributed by atoms with Crippen LogP contribution in [0.3, 0.4) is 0 Å². The van der Waals surface area contributed by atoms with E-state index in [0.717, 1.165) is 34.8 Å². The second-order valence-electron chi connectivity index (χ2n) is 6.41. The Labute approximate surface area is 182 Å². The number of carbonyl (C=O) groups is 1. The average Bonchev–Trinajstić information content (AvgIpc) is 2.87. The Morgan fingerprint density at radius 3 is 2.04 bits per heavy atom. The van der Waals surface area contributed by atoms with Crippen molar-refractivity contribution in [2.45, 2.75) is 39.5 Å². The number of allylic oxidation sites excluding steroid dienone is 6. The molecule has 0 spiro atoms. The van der Waals surface area contributed by atoms with Gasteiger partial charge in [-0.1, -0.05) is 74.1 Å². The van der Waals surface area contributed by atoms with E-state index in [9.17, 15) is 0 Å². The monoisotopic (exact) mass is 409 g/mol. The van der Waals surface area contributed by atoms with Crippen LogP contribution in [-0.4, -0.2) is 17.4 Å². The van der Waals surface area contributed by atoms with Crippen molar-refractivity contribution >= 4 is 17.4 Å². The summed E-state index contributed by atoms with van der Waals surface area (Å²) in [4.78, 5) is 8.47. The fourth-order valence-corrected chi connectivity index (χ4v) is 3.45. The van der Waals surface area contributed by atoms with Gasteiger partial charge in [0.05, 0.1) is 0 Å². The van der Waals surface area contributed by atoms with Gasteiger partial charge in [0.25, 0.3) is 0 Å². The molecule has 3 aliphatic carbocycles. The molecule has 4 heteroatoms. The molecule has 1 N–H and O–H groups in total. The first kappa shape index (κ1) is 33.0. The van der Waals surface area contributed by atoms with Crippen LogP contribution in [0, 0.1) is 44.9 Å².